The Morgan fingerprint density at radius 3 is 2.40 bits per heavy atom. The van der Waals surface area contributed by atoms with Crippen LogP contribution in [-0.4, -0.2) is 13.1 Å². The maximum Gasteiger partial charge on any atom is 0.0369 e. The second-order valence-corrected chi connectivity index (χ2v) is 5.81. The lowest BCUT2D eigenvalue weighted by Gasteiger charge is -2.21. The first-order chi connectivity index (χ1) is 9.63. The average molecular weight is 265 g/mol. The number of hydrogen-bond acceptors (Lipinski definition) is 1. The summed E-state index contributed by atoms with van der Waals surface area (Å²) < 4.78 is 0. The van der Waals surface area contributed by atoms with E-state index in [2.05, 4.69) is 62.9 Å². The molecule has 0 bridgehead atoms. The first-order valence-electron chi connectivity index (χ1n) is 7.62. The second-order valence-electron chi connectivity index (χ2n) is 5.81. The van der Waals surface area contributed by atoms with E-state index >= 15 is 0 Å². The van der Waals surface area contributed by atoms with Crippen LogP contribution in [0.5, 0.6) is 0 Å². The van der Waals surface area contributed by atoms with Crippen molar-refractivity contribution < 1.29 is 0 Å². The van der Waals surface area contributed by atoms with Crippen LogP contribution < -0.4 is 4.90 Å². The molecule has 0 unspecified atom stereocenters. The molecule has 20 heavy (non-hydrogen) atoms. The molecule has 0 saturated heterocycles. The molecule has 2 aromatic rings. The first kappa shape index (κ1) is 13.2. The highest BCUT2D eigenvalue weighted by Gasteiger charge is 2.21. The highest BCUT2D eigenvalue weighted by Crippen LogP contribution is 2.40. The Kier molecular flexibility index (Phi) is 3.29. The van der Waals surface area contributed by atoms with Gasteiger partial charge in [-0.1, -0.05) is 23.8 Å². The van der Waals surface area contributed by atoms with E-state index in [-0.39, 0.29) is 0 Å². The minimum Gasteiger partial charge on any atom is -0.372 e. The summed E-state index contributed by atoms with van der Waals surface area (Å²) in [6.07, 6.45) is 1.09. The summed E-state index contributed by atoms with van der Waals surface area (Å²) in [5, 5.41) is 0. The van der Waals surface area contributed by atoms with Gasteiger partial charge in [0.05, 0.1) is 0 Å². The number of rotatable bonds is 3. The zero-order valence-electron chi connectivity index (χ0n) is 13.0. The Morgan fingerprint density at radius 2 is 1.70 bits per heavy atom. The normalized spacial score (nSPS) is 12.2. The summed E-state index contributed by atoms with van der Waals surface area (Å²) in [5.74, 6) is 0. The lowest BCUT2D eigenvalue weighted by atomic mass is 9.98. The van der Waals surface area contributed by atoms with Crippen LogP contribution in [-0.2, 0) is 6.42 Å². The molecule has 0 amide bonds. The fourth-order valence-corrected chi connectivity index (χ4v) is 3.54. The third-order valence-electron chi connectivity index (χ3n) is 4.43. The van der Waals surface area contributed by atoms with Gasteiger partial charge in [0, 0.05) is 18.8 Å². The lowest BCUT2D eigenvalue weighted by Crippen LogP contribution is -2.21. The van der Waals surface area contributed by atoms with E-state index in [1.165, 1.54) is 39.1 Å². The highest BCUT2D eigenvalue weighted by molar-refractivity contribution is 5.81. The first-order valence-corrected chi connectivity index (χ1v) is 7.62. The predicted octanol–water partition coefficient (Wildman–Crippen LogP) is 4.72. The third-order valence-corrected chi connectivity index (χ3v) is 4.43. The van der Waals surface area contributed by atoms with Gasteiger partial charge in [0.25, 0.3) is 0 Å². The molecular weight excluding hydrogens is 242 g/mol. The van der Waals surface area contributed by atoms with Crippen molar-refractivity contribution in [2.75, 3.05) is 18.0 Å². The molecule has 0 fully saturated rings. The standard InChI is InChI=1S/C19H23N/c1-5-20(6-2)17-7-8-18-15(12-17)11-16-10-13(3)9-14(4)19(16)18/h7-10,12H,5-6,11H2,1-4H3. The van der Waals surface area contributed by atoms with Gasteiger partial charge in [-0.2, -0.15) is 0 Å². The smallest absolute Gasteiger partial charge is 0.0369 e. The SMILES string of the molecule is CCN(CC)c1ccc2c(c1)Cc1cc(C)cc(C)c1-2. The number of aryl methyl sites for hydroxylation is 2. The van der Waals surface area contributed by atoms with E-state index in [4.69, 9.17) is 0 Å². The van der Waals surface area contributed by atoms with E-state index in [0.29, 0.717) is 0 Å². The van der Waals surface area contributed by atoms with Crippen molar-refractivity contribution in [1.29, 1.82) is 0 Å². The minimum absolute atomic E-state index is 1.07. The van der Waals surface area contributed by atoms with Gasteiger partial charge in [0.2, 0.25) is 0 Å². The summed E-state index contributed by atoms with van der Waals surface area (Å²) in [6.45, 7) is 11.0. The zero-order valence-corrected chi connectivity index (χ0v) is 13.0. The summed E-state index contributed by atoms with van der Waals surface area (Å²) in [4.78, 5) is 2.42. The topological polar surface area (TPSA) is 3.24 Å². The Morgan fingerprint density at radius 1 is 0.950 bits per heavy atom. The average Bonchev–Trinajstić information content (AvgIpc) is 2.77. The maximum atomic E-state index is 2.42. The lowest BCUT2D eigenvalue weighted by molar-refractivity contribution is 0.865. The Hall–Kier alpha value is -1.76. The van der Waals surface area contributed by atoms with Crippen molar-refractivity contribution in [3.8, 4) is 11.1 Å². The number of fused-ring (bicyclic) bond motifs is 3. The molecule has 0 heterocycles. The summed E-state index contributed by atoms with van der Waals surface area (Å²) >= 11 is 0. The van der Waals surface area contributed by atoms with Gasteiger partial charge >= 0.3 is 0 Å². The monoisotopic (exact) mass is 265 g/mol. The maximum absolute atomic E-state index is 2.42. The van der Waals surface area contributed by atoms with E-state index in [0.717, 1.165) is 19.5 Å². The fourth-order valence-electron chi connectivity index (χ4n) is 3.54. The molecule has 0 atom stereocenters. The van der Waals surface area contributed by atoms with Crippen molar-refractivity contribution in [2.45, 2.75) is 34.1 Å². The van der Waals surface area contributed by atoms with Gasteiger partial charge in [-0.05, 0) is 74.1 Å². The van der Waals surface area contributed by atoms with E-state index in [1.54, 1.807) is 0 Å². The summed E-state index contributed by atoms with van der Waals surface area (Å²) in [7, 11) is 0. The van der Waals surface area contributed by atoms with Crippen LogP contribution in [0.2, 0.25) is 0 Å². The van der Waals surface area contributed by atoms with Crippen LogP contribution in [0.3, 0.4) is 0 Å². The molecule has 0 radical (unpaired) electrons. The van der Waals surface area contributed by atoms with Crippen LogP contribution in [0.1, 0.15) is 36.1 Å². The van der Waals surface area contributed by atoms with Crippen LogP contribution in [0, 0.1) is 13.8 Å². The molecule has 1 aliphatic carbocycles. The van der Waals surface area contributed by atoms with E-state index in [1.807, 2.05) is 0 Å². The van der Waals surface area contributed by atoms with Crippen LogP contribution in [0.15, 0.2) is 30.3 Å². The molecular formula is C19H23N. The largest absolute Gasteiger partial charge is 0.372 e. The van der Waals surface area contributed by atoms with Gasteiger partial charge in [0.1, 0.15) is 0 Å². The molecule has 0 spiro atoms. The fraction of sp³-hybridized carbons (Fsp3) is 0.368. The van der Waals surface area contributed by atoms with Crippen molar-refractivity contribution in [1.82, 2.24) is 0 Å². The number of anilines is 1. The molecule has 1 aliphatic rings. The quantitative estimate of drug-likeness (QED) is 0.662. The van der Waals surface area contributed by atoms with Crippen molar-refractivity contribution in [3.05, 3.63) is 52.6 Å². The molecule has 2 aromatic carbocycles. The molecule has 0 aliphatic heterocycles. The van der Waals surface area contributed by atoms with Gasteiger partial charge < -0.3 is 4.90 Å². The third kappa shape index (κ3) is 2.02. The molecule has 0 N–H and O–H groups in total. The Bertz CT molecular complexity index is 651. The zero-order chi connectivity index (χ0) is 14.3. The van der Waals surface area contributed by atoms with E-state index in [9.17, 15) is 0 Å². The van der Waals surface area contributed by atoms with E-state index < -0.39 is 0 Å². The Labute approximate surface area is 122 Å². The Balaban J connectivity index is 2.08. The summed E-state index contributed by atoms with van der Waals surface area (Å²) in [6, 6.07) is 11.6. The number of nitrogens with zero attached hydrogens (tertiary/aromatic N) is 1. The summed E-state index contributed by atoms with van der Waals surface area (Å²) in [5.41, 5.74) is 10.0. The van der Waals surface area contributed by atoms with Crippen molar-refractivity contribution in [3.63, 3.8) is 0 Å². The van der Waals surface area contributed by atoms with Crippen molar-refractivity contribution in [2.24, 2.45) is 0 Å². The van der Waals surface area contributed by atoms with Gasteiger partial charge in [-0.15, -0.1) is 0 Å². The highest BCUT2D eigenvalue weighted by atomic mass is 15.1. The predicted molar refractivity (Wildman–Crippen MR) is 87.7 cm³/mol. The van der Waals surface area contributed by atoms with Gasteiger partial charge in [-0.25, -0.2) is 0 Å². The minimum atomic E-state index is 1.07. The number of hydrogen-bond donors (Lipinski definition) is 0. The second kappa shape index (κ2) is 4.97. The molecule has 3 rings (SSSR count). The van der Waals surface area contributed by atoms with Crippen LogP contribution in [0.25, 0.3) is 11.1 Å². The van der Waals surface area contributed by atoms with Crippen LogP contribution >= 0.6 is 0 Å². The molecule has 1 heteroatoms. The number of benzene rings is 2. The molecule has 0 aromatic heterocycles. The van der Waals surface area contributed by atoms with Gasteiger partial charge in [0.15, 0.2) is 0 Å². The van der Waals surface area contributed by atoms with Crippen molar-refractivity contribution >= 4 is 5.69 Å². The molecule has 1 nitrogen and oxygen atoms in total. The molecule has 104 valence electrons. The molecule has 0 saturated carbocycles. The van der Waals surface area contributed by atoms with Crippen LogP contribution in [0.4, 0.5) is 5.69 Å². The van der Waals surface area contributed by atoms with Gasteiger partial charge in [-0.3, -0.25) is 0 Å².